The minimum atomic E-state index is -0.410. The number of β-amino-alcohol motifs (C(OH)–C–C–N with tert-alkyl or cyclic N) is 1. The lowest BCUT2D eigenvalue weighted by Crippen LogP contribution is -2.30. The number of nitrogens with zero attached hydrogens (tertiary/aromatic N) is 2. The van der Waals surface area contributed by atoms with Crippen LogP contribution in [0.4, 0.5) is 0 Å². The zero-order chi connectivity index (χ0) is 21.7. The lowest BCUT2D eigenvalue weighted by molar-refractivity contribution is -0.129. The van der Waals surface area contributed by atoms with Gasteiger partial charge in [-0.2, -0.15) is 0 Å². The average molecular weight is 434 g/mol. The number of hydrogen-bond donors (Lipinski definition) is 2. The van der Waals surface area contributed by atoms with E-state index in [0.29, 0.717) is 13.0 Å². The first-order chi connectivity index (χ1) is 15.7. The number of aliphatic hydroxyl groups excluding tert-OH is 1. The fourth-order valence-electron chi connectivity index (χ4n) is 5.21. The van der Waals surface area contributed by atoms with Crippen LogP contribution in [0, 0.1) is 11.8 Å². The van der Waals surface area contributed by atoms with Crippen LogP contribution in [0.15, 0.2) is 47.5 Å². The number of amidine groups is 1. The molecule has 0 radical (unpaired) electrons. The SMILES string of the molecule is O=C1CC2Cc3c(C4=NC(c5ccc(OCC6CC6)cc5)ON4)cccc3C2N1CCO. The standard InChI is InChI=1S/C25H27N3O4/c29-11-10-28-22(30)13-17-12-21-19(23(17)28)2-1-3-20(21)24-26-25(32-27-24)16-6-8-18(9-7-16)31-14-15-4-5-15/h1-3,6-9,15,17,23,25,29H,4-5,10-14H2,(H,26,27). The molecule has 1 saturated carbocycles. The van der Waals surface area contributed by atoms with Crippen molar-refractivity contribution < 1.29 is 19.5 Å². The predicted octanol–water partition coefficient (Wildman–Crippen LogP) is 2.89. The van der Waals surface area contributed by atoms with Gasteiger partial charge in [-0.1, -0.05) is 30.3 Å². The molecule has 0 bridgehead atoms. The van der Waals surface area contributed by atoms with Crippen LogP contribution in [-0.2, 0) is 16.1 Å². The van der Waals surface area contributed by atoms with E-state index in [4.69, 9.17) is 14.6 Å². The molecule has 2 aromatic rings. The van der Waals surface area contributed by atoms with Crippen molar-refractivity contribution in [1.82, 2.24) is 10.4 Å². The van der Waals surface area contributed by atoms with Crippen LogP contribution in [-0.4, -0.2) is 41.5 Å². The number of benzene rings is 2. The van der Waals surface area contributed by atoms with Crippen molar-refractivity contribution in [3.05, 3.63) is 64.7 Å². The second-order valence-corrected chi connectivity index (χ2v) is 9.17. The highest BCUT2D eigenvalue weighted by Crippen LogP contribution is 2.48. The van der Waals surface area contributed by atoms with Gasteiger partial charge in [0, 0.05) is 24.1 Å². The Morgan fingerprint density at radius 3 is 2.78 bits per heavy atom. The van der Waals surface area contributed by atoms with E-state index in [2.05, 4.69) is 17.6 Å². The van der Waals surface area contributed by atoms with Crippen molar-refractivity contribution in [2.24, 2.45) is 16.8 Å². The third-order valence-electron chi connectivity index (χ3n) is 6.99. The van der Waals surface area contributed by atoms with Gasteiger partial charge in [0.25, 0.3) is 0 Å². The summed E-state index contributed by atoms with van der Waals surface area (Å²) in [5, 5.41) is 9.40. The van der Waals surface area contributed by atoms with E-state index in [1.165, 1.54) is 18.4 Å². The summed E-state index contributed by atoms with van der Waals surface area (Å²) in [5.74, 6) is 2.72. The van der Waals surface area contributed by atoms with E-state index < -0.39 is 6.23 Å². The van der Waals surface area contributed by atoms with Crippen LogP contribution in [0.2, 0.25) is 0 Å². The van der Waals surface area contributed by atoms with Crippen molar-refractivity contribution in [2.45, 2.75) is 38.0 Å². The molecule has 1 saturated heterocycles. The summed E-state index contributed by atoms with van der Waals surface area (Å²) in [4.78, 5) is 24.8. The molecule has 166 valence electrons. The Bertz CT molecular complexity index is 1060. The number of hydrogen-bond acceptors (Lipinski definition) is 6. The van der Waals surface area contributed by atoms with Crippen LogP contribution in [0.25, 0.3) is 0 Å². The van der Waals surface area contributed by atoms with Crippen LogP contribution in [0.3, 0.4) is 0 Å². The summed E-state index contributed by atoms with van der Waals surface area (Å²) in [6.45, 7) is 1.16. The summed E-state index contributed by atoms with van der Waals surface area (Å²) in [5.41, 5.74) is 7.40. The number of carbonyl (C=O) groups is 1. The molecule has 32 heavy (non-hydrogen) atoms. The monoisotopic (exact) mass is 433 g/mol. The number of rotatable bonds is 7. The molecule has 2 fully saturated rings. The smallest absolute Gasteiger partial charge is 0.223 e. The Balaban J connectivity index is 1.22. The van der Waals surface area contributed by atoms with Crippen molar-refractivity contribution >= 4 is 11.7 Å². The highest BCUT2D eigenvalue weighted by molar-refractivity contribution is 6.01. The van der Waals surface area contributed by atoms with E-state index in [0.717, 1.165) is 47.2 Å². The summed E-state index contributed by atoms with van der Waals surface area (Å²) in [6.07, 6.45) is 3.51. The first-order valence-corrected chi connectivity index (χ1v) is 11.5. The molecule has 0 spiro atoms. The van der Waals surface area contributed by atoms with Crippen LogP contribution in [0.5, 0.6) is 5.75 Å². The zero-order valence-corrected chi connectivity index (χ0v) is 17.9. The van der Waals surface area contributed by atoms with Gasteiger partial charge in [-0.05, 0) is 54.4 Å². The van der Waals surface area contributed by atoms with Gasteiger partial charge in [0.2, 0.25) is 12.1 Å². The van der Waals surface area contributed by atoms with Crippen LogP contribution >= 0.6 is 0 Å². The van der Waals surface area contributed by atoms with Gasteiger partial charge in [-0.3, -0.25) is 4.79 Å². The average Bonchev–Trinajstić information content (AvgIpc) is 3.25. The van der Waals surface area contributed by atoms with Crippen LogP contribution < -0.4 is 10.2 Å². The third kappa shape index (κ3) is 3.45. The first kappa shape index (κ1) is 19.8. The minimum Gasteiger partial charge on any atom is -0.493 e. The molecule has 4 aliphatic rings. The lowest BCUT2D eigenvalue weighted by atomic mass is 10.0. The topological polar surface area (TPSA) is 83.4 Å². The Hall–Kier alpha value is -2.90. The summed E-state index contributed by atoms with van der Waals surface area (Å²) in [6, 6.07) is 14.2. The minimum absolute atomic E-state index is 0.0157. The molecule has 7 nitrogen and oxygen atoms in total. The Labute approximate surface area is 187 Å². The molecule has 1 amide bonds. The third-order valence-corrected chi connectivity index (χ3v) is 6.99. The number of ether oxygens (including phenoxy) is 1. The highest BCUT2D eigenvalue weighted by Gasteiger charge is 2.46. The van der Waals surface area contributed by atoms with Crippen molar-refractivity contribution in [2.75, 3.05) is 19.8 Å². The Morgan fingerprint density at radius 2 is 2.00 bits per heavy atom. The second kappa shape index (κ2) is 7.90. The van der Waals surface area contributed by atoms with Gasteiger partial charge < -0.3 is 14.7 Å². The lowest BCUT2D eigenvalue weighted by Gasteiger charge is -2.24. The highest BCUT2D eigenvalue weighted by atomic mass is 16.7. The number of hydroxylamine groups is 1. The summed E-state index contributed by atoms with van der Waals surface area (Å²) in [7, 11) is 0. The number of nitrogens with one attached hydrogen (secondary N) is 1. The summed E-state index contributed by atoms with van der Waals surface area (Å²) >= 11 is 0. The van der Waals surface area contributed by atoms with E-state index in [9.17, 15) is 9.90 Å². The molecule has 3 unspecified atom stereocenters. The molecule has 2 aromatic carbocycles. The fraction of sp³-hybridized carbons (Fsp3) is 0.440. The maximum atomic E-state index is 12.4. The van der Waals surface area contributed by atoms with E-state index in [-0.39, 0.29) is 24.5 Å². The molecule has 2 N–H and O–H groups in total. The Morgan fingerprint density at radius 1 is 1.16 bits per heavy atom. The van der Waals surface area contributed by atoms with E-state index in [1.807, 2.05) is 35.2 Å². The normalized spacial score (nSPS) is 26.0. The number of amides is 1. The molecule has 7 heteroatoms. The number of aliphatic imine (C=N–C) groups is 1. The second-order valence-electron chi connectivity index (χ2n) is 9.17. The van der Waals surface area contributed by atoms with Crippen molar-refractivity contribution in [1.29, 1.82) is 0 Å². The zero-order valence-electron chi connectivity index (χ0n) is 17.9. The maximum absolute atomic E-state index is 12.4. The maximum Gasteiger partial charge on any atom is 0.223 e. The van der Waals surface area contributed by atoms with Crippen molar-refractivity contribution in [3.63, 3.8) is 0 Å². The quantitative estimate of drug-likeness (QED) is 0.702. The first-order valence-electron chi connectivity index (χ1n) is 11.5. The van der Waals surface area contributed by atoms with Gasteiger partial charge in [0.05, 0.1) is 19.3 Å². The molecule has 2 heterocycles. The van der Waals surface area contributed by atoms with E-state index >= 15 is 0 Å². The molecular weight excluding hydrogens is 406 g/mol. The van der Waals surface area contributed by atoms with Crippen molar-refractivity contribution in [3.8, 4) is 5.75 Å². The number of aliphatic hydroxyl groups is 1. The van der Waals surface area contributed by atoms with Gasteiger partial charge in [0.1, 0.15) is 5.75 Å². The van der Waals surface area contributed by atoms with E-state index in [1.54, 1.807) is 0 Å². The molecule has 0 aromatic heterocycles. The number of carbonyl (C=O) groups excluding carboxylic acids is 1. The Kier molecular flexibility index (Phi) is 4.88. The largest absolute Gasteiger partial charge is 0.493 e. The van der Waals surface area contributed by atoms with Crippen LogP contribution in [0.1, 0.15) is 53.8 Å². The van der Waals surface area contributed by atoms with Gasteiger partial charge >= 0.3 is 0 Å². The molecule has 2 aliphatic heterocycles. The molecule has 2 aliphatic carbocycles. The number of likely N-dealkylation sites (tertiary alicyclic amines) is 1. The van der Waals surface area contributed by atoms with Gasteiger partial charge in [-0.25, -0.2) is 15.3 Å². The fourth-order valence-corrected chi connectivity index (χ4v) is 5.21. The molecule has 3 atom stereocenters. The van der Waals surface area contributed by atoms with Gasteiger partial charge in [0.15, 0.2) is 5.84 Å². The van der Waals surface area contributed by atoms with Gasteiger partial charge in [-0.15, -0.1) is 0 Å². The predicted molar refractivity (Wildman–Crippen MR) is 118 cm³/mol. The molecule has 6 rings (SSSR count). The summed E-state index contributed by atoms with van der Waals surface area (Å²) < 4.78 is 5.82. The molecular formula is C25H27N3O4. The number of fused-ring (bicyclic) bond motifs is 3.